The van der Waals surface area contributed by atoms with Gasteiger partial charge in [0.1, 0.15) is 17.0 Å². The second-order valence-corrected chi connectivity index (χ2v) is 6.26. The van der Waals surface area contributed by atoms with Gasteiger partial charge in [0.25, 0.3) is 5.91 Å². The van der Waals surface area contributed by atoms with Crippen LogP contribution in [0.1, 0.15) is 21.7 Å². The van der Waals surface area contributed by atoms with Gasteiger partial charge in [-0.1, -0.05) is 47.5 Å². The molecule has 0 bridgehead atoms. The number of carbonyl (C=O) groups is 2. The van der Waals surface area contributed by atoms with Gasteiger partial charge in [0.15, 0.2) is 0 Å². The Bertz CT molecular complexity index is 1050. The largest absolute Gasteiger partial charge is 0.360 e. The molecule has 0 aliphatic heterocycles. The molecule has 28 heavy (non-hydrogen) atoms. The molecule has 0 aliphatic carbocycles. The molecule has 0 spiro atoms. The highest BCUT2D eigenvalue weighted by atomic mass is 16.5. The Morgan fingerprint density at radius 2 is 1.93 bits per heavy atom. The maximum atomic E-state index is 12.9. The number of terminal acetylenes is 1. The Kier molecular flexibility index (Phi) is 5.56. The standard InChI is InChI=1S/C22H19N3O3/c1-4-16-9-8-12-18(13-16)23-19(26)14-25(3)22(27)20-15(2)28-24-21(20)17-10-6-5-7-11-17/h1,5-13H,14H2,2-3H3,(H,23,26). The summed E-state index contributed by atoms with van der Waals surface area (Å²) in [6, 6.07) is 16.2. The van der Waals surface area contributed by atoms with Crippen molar-refractivity contribution in [3.8, 4) is 23.6 Å². The molecule has 3 rings (SSSR count). The fourth-order valence-electron chi connectivity index (χ4n) is 2.78. The van der Waals surface area contributed by atoms with Crippen LogP contribution in [0.2, 0.25) is 0 Å². The molecule has 6 heteroatoms. The average molecular weight is 373 g/mol. The van der Waals surface area contributed by atoms with Gasteiger partial charge in [0.2, 0.25) is 5.91 Å². The molecular formula is C22H19N3O3. The third kappa shape index (κ3) is 4.10. The van der Waals surface area contributed by atoms with E-state index >= 15 is 0 Å². The van der Waals surface area contributed by atoms with Gasteiger partial charge in [0, 0.05) is 23.9 Å². The Morgan fingerprint density at radius 3 is 2.64 bits per heavy atom. The summed E-state index contributed by atoms with van der Waals surface area (Å²) in [5.41, 5.74) is 2.81. The molecule has 3 aromatic rings. The minimum Gasteiger partial charge on any atom is -0.360 e. The maximum absolute atomic E-state index is 12.9. The van der Waals surface area contributed by atoms with Crippen LogP contribution in [-0.4, -0.2) is 35.5 Å². The van der Waals surface area contributed by atoms with E-state index in [0.717, 1.165) is 5.56 Å². The van der Waals surface area contributed by atoms with E-state index in [2.05, 4.69) is 16.4 Å². The number of nitrogens with one attached hydrogen (secondary N) is 1. The van der Waals surface area contributed by atoms with Crippen molar-refractivity contribution < 1.29 is 14.1 Å². The summed E-state index contributed by atoms with van der Waals surface area (Å²) in [7, 11) is 1.56. The quantitative estimate of drug-likeness (QED) is 0.696. The second kappa shape index (κ2) is 8.23. The van der Waals surface area contributed by atoms with Crippen molar-refractivity contribution in [1.29, 1.82) is 0 Å². The number of amides is 2. The van der Waals surface area contributed by atoms with Crippen molar-refractivity contribution in [1.82, 2.24) is 10.1 Å². The molecule has 0 aliphatic rings. The maximum Gasteiger partial charge on any atom is 0.259 e. The smallest absolute Gasteiger partial charge is 0.259 e. The first-order valence-corrected chi connectivity index (χ1v) is 8.63. The summed E-state index contributed by atoms with van der Waals surface area (Å²) in [5.74, 6) is 2.24. The number of rotatable bonds is 5. The Hall–Kier alpha value is -3.85. The molecule has 0 atom stereocenters. The van der Waals surface area contributed by atoms with E-state index in [0.29, 0.717) is 28.3 Å². The van der Waals surface area contributed by atoms with E-state index in [1.807, 2.05) is 30.3 Å². The molecule has 0 fully saturated rings. The van der Waals surface area contributed by atoms with E-state index in [4.69, 9.17) is 10.9 Å². The van der Waals surface area contributed by atoms with Crippen LogP contribution in [0, 0.1) is 19.3 Å². The van der Waals surface area contributed by atoms with Gasteiger partial charge in [-0.25, -0.2) is 0 Å². The number of benzene rings is 2. The van der Waals surface area contributed by atoms with Crippen molar-refractivity contribution in [2.75, 3.05) is 18.9 Å². The van der Waals surface area contributed by atoms with Gasteiger partial charge in [-0.3, -0.25) is 9.59 Å². The first-order valence-electron chi connectivity index (χ1n) is 8.63. The third-order valence-corrected chi connectivity index (χ3v) is 4.16. The molecule has 0 unspecified atom stereocenters. The summed E-state index contributed by atoms with van der Waals surface area (Å²) in [5, 5.41) is 6.75. The molecular weight excluding hydrogens is 354 g/mol. The number of carbonyl (C=O) groups excluding carboxylic acids is 2. The summed E-state index contributed by atoms with van der Waals surface area (Å²) in [6.45, 7) is 1.55. The fourth-order valence-corrected chi connectivity index (χ4v) is 2.78. The number of nitrogens with zero attached hydrogens (tertiary/aromatic N) is 2. The summed E-state index contributed by atoms with van der Waals surface area (Å²) < 4.78 is 5.23. The first-order chi connectivity index (χ1) is 13.5. The van der Waals surface area contributed by atoms with Gasteiger partial charge in [-0.15, -0.1) is 6.42 Å². The predicted octanol–water partition coefficient (Wildman–Crippen LogP) is 3.34. The number of aromatic nitrogens is 1. The lowest BCUT2D eigenvalue weighted by Gasteiger charge is -2.17. The number of likely N-dealkylation sites (N-methyl/N-ethyl adjacent to an activating group) is 1. The number of hydrogen-bond donors (Lipinski definition) is 1. The van der Waals surface area contributed by atoms with Crippen LogP contribution >= 0.6 is 0 Å². The minimum absolute atomic E-state index is 0.127. The van der Waals surface area contributed by atoms with E-state index < -0.39 is 0 Å². The second-order valence-electron chi connectivity index (χ2n) is 6.26. The van der Waals surface area contributed by atoms with Gasteiger partial charge >= 0.3 is 0 Å². The van der Waals surface area contributed by atoms with Crippen LogP contribution in [-0.2, 0) is 4.79 Å². The van der Waals surface area contributed by atoms with Gasteiger partial charge < -0.3 is 14.7 Å². The lowest BCUT2D eigenvalue weighted by molar-refractivity contribution is -0.116. The van der Waals surface area contributed by atoms with Crippen molar-refractivity contribution >= 4 is 17.5 Å². The topological polar surface area (TPSA) is 75.4 Å². The molecule has 2 aromatic carbocycles. The molecule has 1 N–H and O–H groups in total. The Morgan fingerprint density at radius 1 is 1.18 bits per heavy atom. The van der Waals surface area contributed by atoms with Crippen molar-refractivity contribution in [3.05, 3.63) is 71.5 Å². The highest BCUT2D eigenvalue weighted by Crippen LogP contribution is 2.26. The Balaban J connectivity index is 1.74. The van der Waals surface area contributed by atoms with E-state index in [1.165, 1.54) is 4.90 Å². The zero-order chi connectivity index (χ0) is 20.1. The molecule has 140 valence electrons. The number of hydrogen-bond acceptors (Lipinski definition) is 4. The highest BCUT2D eigenvalue weighted by Gasteiger charge is 2.25. The molecule has 2 amide bonds. The average Bonchev–Trinajstić information content (AvgIpc) is 3.09. The summed E-state index contributed by atoms with van der Waals surface area (Å²) in [6.07, 6.45) is 5.37. The lowest BCUT2D eigenvalue weighted by Crippen LogP contribution is -2.35. The molecule has 0 radical (unpaired) electrons. The van der Waals surface area contributed by atoms with Crippen LogP contribution in [0.5, 0.6) is 0 Å². The molecule has 0 saturated heterocycles. The number of aryl methyl sites for hydroxylation is 1. The van der Waals surface area contributed by atoms with Gasteiger partial charge in [-0.2, -0.15) is 0 Å². The van der Waals surface area contributed by atoms with Crippen LogP contribution in [0.3, 0.4) is 0 Å². The SMILES string of the molecule is C#Cc1cccc(NC(=O)CN(C)C(=O)c2c(-c3ccccc3)noc2C)c1. The normalized spacial score (nSPS) is 10.2. The summed E-state index contributed by atoms with van der Waals surface area (Å²) in [4.78, 5) is 26.6. The highest BCUT2D eigenvalue weighted by molar-refractivity contribution is 6.03. The third-order valence-electron chi connectivity index (χ3n) is 4.16. The van der Waals surface area contributed by atoms with Crippen molar-refractivity contribution in [2.45, 2.75) is 6.92 Å². The first kappa shape index (κ1) is 18.9. The zero-order valence-corrected chi connectivity index (χ0v) is 15.6. The van der Waals surface area contributed by atoms with Crippen LogP contribution in [0.25, 0.3) is 11.3 Å². The van der Waals surface area contributed by atoms with Crippen LogP contribution in [0.15, 0.2) is 59.1 Å². The van der Waals surface area contributed by atoms with Crippen molar-refractivity contribution in [3.63, 3.8) is 0 Å². The van der Waals surface area contributed by atoms with Crippen molar-refractivity contribution in [2.24, 2.45) is 0 Å². The summed E-state index contributed by atoms with van der Waals surface area (Å²) >= 11 is 0. The van der Waals surface area contributed by atoms with E-state index in [9.17, 15) is 9.59 Å². The molecule has 6 nitrogen and oxygen atoms in total. The van der Waals surface area contributed by atoms with Gasteiger partial charge in [-0.05, 0) is 25.1 Å². The van der Waals surface area contributed by atoms with Crippen LogP contribution in [0.4, 0.5) is 5.69 Å². The molecule has 1 heterocycles. The van der Waals surface area contributed by atoms with E-state index in [-0.39, 0.29) is 18.4 Å². The van der Waals surface area contributed by atoms with E-state index in [1.54, 1.807) is 38.2 Å². The zero-order valence-electron chi connectivity index (χ0n) is 15.6. The molecule has 0 saturated carbocycles. The van der Waals surface area contributed by atoms with Crippen LogP contribution < -0.4 is 5.32 Å². The minimum atomic E-state index is -0.342. The monoisotopic (exact) mass is 373 g/mol. The van der Waals surface area contributed by atoms with Gasteiger partial charge in [0.05, 0.1) is 6.54 Å². The lowest BCUT2D eigenvalue weighted by atomic mass is 10.1. The number of anilines is 1. The molecule has 1 aromatic heterocycles. The predicted molar refractivity (Wildman–Crippen MR) is 107 cm³/mol. The Labute approximate surface area is 163 Å². The fraction of sp³-hybridized carbons (Fsp3) is 0.136.